The first-order chi connectivity index (χ1) is 15.4. The molecule has 0 bridgehead atoms. The molecule has 1 heterocycles. The summed E-state index contributed by atoms with van der Waals surface area (Å²) >= 11 is 0. The molecule has 0 fully saturated rings. The number of aryl methyl sites for hydroxylation is 1. The van der Waals surface area contributed by atoms with E-state index in [1.807, 2.05) is 30.3 Å². The highest BCUT2D eigenvalue weighted by molar-refractivity contribution is 6.09. The Balaban J connectivity index is 1.90. The standard InChI is InChI=1S/C26H23FN4O/c1-3-5-17-8-11-20(12-9-17)26(24(32)31(2)25(29)30-26)21-7-4-6-19(15-21)22-14-18(16-28)10-13-23(22)27/h4,6-15H,3,5H2,1-2H3,(H2,29,30). The van der Waals surface area contributed by atoms with E-state index in [4.69, 9.17) is 5.73 Å². The average Bonchev–Trinajstić information content (AvgIpc) is 3.05. The molecule has 1 aliphatic heterocycles. The van der Waals surface area contributed by atoms with Gasteiger partial charge < -0.3 is 5.73 Å². The van der Waals surface area contributed by atoms with Crippen LogP contribution in [-0.2, 0) is 16.8 Å². The van der Waals surface area contributed by atoms with Crippen molar-refractivity contribution in [3.63, 3.8) is 0 Å². The van der Waals surface area contributed by atoms with E-state index >= 15 is 0 Å². The van der Waals surface area contributed by atoms with Crippen LogP contribution in [0.4, 0.5) is 4.39 Å². The van der Waals surface area contributed by atoms with Crippen molar-refractivity contribution in [1.82, 2.24) is 4.90 Å². The zero-order valence-electron chi connectivity index (χ0n) is 18.0. The number of carbonyl (C=O) groups is 1. The fourth-order valence-corrected chi connectivity index (χ4v) is 4.11. The molecule has 0 saturated heterocycles. The first kappa shape index (κ1) is 21.3. The van der Waals surface area contributed by atoms with Gasteiger partial charge in [0, 0.05) is 12.6 Å². The SMILES string of the molecule is CCCc1ccc(C2(c3cccc(-c4cc(C#N)ccc4F)c3)N=C(N)N(C)C2=O)cc1. The van der Waals surface area contributed by atoms with E-state index in [1.165, 1.54) is 28.7 Å². The van der Waals surface area contributed by atoms with Gasteiger partial charge in [0.1, 0.15) is 5.82 Å². The van der Waals surface area contributed by atoms with Gasteiger partial charge in [-0.1, -0.05) is 55.8 Å². The number of amides is 1. The second kappa shape index (κ2) is 8.27. The van der Waals surface area contributed by atoms with Crippen LogP contribution in [-0.4, -0.2) is 23.8 Å². The summed E-state index contributed by atoms with van der Waals surface area (Å²) in [6.45, 7) is 2.11. The lowest BCUT2D eigenvalue weighted by Crippen LogP contribution is -2.41. The Morgan fingerprint density at radius 3 is 2.47 bits per heavy atom. The first-order valence-corrected chi connectivity index (χ1v) is 10.4. The molecule has 1 unspecified atom stereocenters. The lowest BCUT2D eigenvalue weighted by Gasteiger charge is -2.27. The highest BCUT2D eigenvalue weighted by atomic mass is 19.1. The second-order valence-corrected chi connectivity index (χ2v) is 7.88. The molecule has 0 radical (unpaired) electrons. The van der Waals surface area contributed by atoms with Crippen molar-refractivity contribution in [2.45, 2.75) is 25.3 Å². The molecule has 32 heavy (non-hydrogen) atoms. The fraction of sp³-hybridized carbons (Fsp3) is 0.192. The maximum absolute atomic E-state index is 14.6. The van der Waals surface area contributed by atoms with Gasteiger partial charge in [0.25, 0.3) is 5.91 Å². The number of guanidine groups is 1. The minimum Gasteiger partial charge on any atom is -0.369 e. The van der Waals surface area contributed by atoms with Gasteiger partial charge in [0.2, 0.25) is 0 Å². The normalized spacial score (nSPS) is 17.9. The lowest BCUT2D eigenvalue weighted by atomic mass is 9.81. The van der Waals surface area contributed by atoms with Gasteiger partial charge in [-0.15, -0.1) is 0 Å². The first-order valence-electron chi connectivity index (χ1n) is 10.4. The van der Waals surface area contributed by atoms with Crippen molar-refractivity contribution < 1.29 is 9.18 Å². The van der Waals surface area contributed by atoms with Crippen LogP contribution in [0.1, 0.15) is 35.6 Å². The number of nitrogens with zero attached hydrogens (tertiary/aromatic N) is 3. The topological polar surface area (TPSA) is 82.5 Å². The van der Waals surface area contributed by atoms with E-state index in [1.54, 1.807) is 31.3 Å². The molecule has 4 rings (SSSR count). The molecule has 1 amide bonds. The van der Waals surface area contributed by atoms with Crippen LogP contribution in [0.5, 0.6) is 0 Å². The van der Waals surface area contributed by atoms with E-state index in [9.17, 15) is 14.4 Å². The molecule has 6 heteroatoms. The molecule has 0 spiro atoms. The van der Waals surface area contributed by atoms with Crippen LogP contribution >= 0.6 is 0 Å². The average molecular weight is 426 g/mol. The molecule has 0 aromatic heterocycles. The summed E-state index contributed by atoms with van der Waals surface area (Å²) in [6, 6.07) is 21.1. The maximum Gasteiger partial charge on any atom is 0.266 e. The highest BCUT2D eigenvalue weighted by Gasteiger charge is 2.49. The van der Waals surface area contributed by atoms with Gasteiger partial charge >= 0.3 is 0 Å². The van der Waals surface area contributed by atoms with E-state index in [0.29, 0.717) is 22.3 Å². The molecular weight excluding hydrogens is 403 g/mol. The van der Waals surface area contributed by atoms with Crippen LogP contribution in [0.25, 0.3) is 11.1 Å². The number of aliphatic imine (C=N–C) groups is 1. The Morgan fingerprint density at radius 2 is 1.84 bits per heavy atom. The van der Waals surface area contributed by atoms with Gasteiger partial charge in [-0.25, -0.2) is 9.38 Å². The predicted molar refractivity (Wildman–Crippen MR) is 122 cm³/mol. The van der Waals surface area contributed by atoms with Crippen molar-refractivity contribution in [2.75, 3.05) is 7.05 Å². The van der Waals surface area contributed by atoms with Gasteiger partial charge in [-0.3, -0.25) is 9.69 Å². The summed E-state index contributed by atoms with van der Waals surface area (Å²) in [5.74, 6) is -0.602. The van der Waals surface area contributed by atoms with Crippen LogP contribution in [0, 0.1) is 17.1 Å². The fourth-order valence-electron chi connectivity index (χ4n) is 4.11. The lowest BCUT2D eigenvalue weighted by molar-refractivity contribution is -0.129. The molecule has 3 aromatic carbocycles. The third-order valence-electron chi connectivity index (χ3n) is 5.84. The van der Waals surface area contributed by atoms with Gasteiger partial charge in [0.15, 0.2) is 11.5 Å². The number of hydrogen-bond donors (Lipinski definition) is 1. The molecule has 5 nitrogen and oxygen atoms in total. The quantitative estimate of drug-likeness (QED) is 0.659. The third-order valence-corrected chi connectivity index (χ3v) is 5.84. The van der Waals surface area contributed by atoms with Crippen molar-refractivity contribution in [2.24, 2.45) is 10.7 Å². The Labute approximate surface area is 186 Å². The van der Waals surface area contributed by atoms with Crippen molar-refractivity contribution in [1.29, 1.82) is 5.26 Å². The molecule has 3 aromatic rings. The molecule has 2 N–H and O–H groups in total. The Hall–Kier alpha value is -3.98. The number of rotatable bonds is 5. The maximum atomic E-state index is 14.6. The molecule has 0 saturated carbocycles. The van der Waals surface area contributed by atoms with Crippen molar-refractivity contribution in [3.8, 4) is 17.2 Å². The number of carbonyl (C=O) groups excluding carboxylic acids is 1. The van der Waals surface area contributed by atoms with Crippen molar-refractivity contribution >= 4 is 11.9 Å². The minimum absolute atomic E-state index is 0.121. The largest absolute Gasteiger partial charge is 0.369 e. The summed E-state index contributed by atoms with van der Waals surface area (Å²) < 4.78 is 14.6. The van der Waals surface area contributed by atoms with Crippen LogP contribution < -0.4 is 5.73 Å². The highest BCUT2D eigenvalue weighted by Crippen LogP contribution is 2.41. The van der Waals surface area contributed by atoms with Crippen LogP contribution in [0.3, 0.4) is 0 Å². The Bertz CT molecular complexity index is 1260. The number of benzene rings is 3. The third kappa shape index (κ3) is 3.42. The number of nitrogens with two attached hydrogens (primary N) is 1. The summed E-state index contributed by atoms with van der Waals surface area (Å²) in [4.78, 5) is 19.4. The smallest absolute Gasteiger partial charge is 0.266 e. The number of nitriles is 1. The summed E-state index contributed by atoms with van der Waals surface area (Å²) in [5, 5.41) is 9.22. The summed E-state index contributed by atoms with van der Waals surface area (Å²) in [7, 11) is 1.59. The molecule has 1 aliphatic rings. The number of likely N-dealkylation sites (N-methyl/N-ethyl adjacent to an activating group) is 1. The predicted octanol–water partition coefficient (Wildman–Crippen LogP) is 4.35. The zero-order valence-corrected chi connectivity index (χ0v) is 18.0. The minimum atomic E-state index is -1.36. The molecule has 0 aliphatic carbocycles. The van der Waals surface area contributed by atoms with E-state index in [2.05, 4.69) is 11.9 Å². The van der Waals surface area contributed by atoms with Gasteiger partial charge in [0.05, 0.1) is 11.6 Å². The van der Waals surface area contributed by atoms with Crippen molar-refractivity contribution in [3.05, 3.63) is 94.8 Å². The molecule has 160 valence electrons. The van der Waals surface area contributed by atoms with Crippen LogP contribution in [0.15, 0.2) is 71.7 Å². The summed E-state index contributed by atoms with van der Waals surface area (Å²) in [5.41, 5.74) is 8.35. The van der Waals surface area contributed by atoms with E-state index in [0.717, 1.165) is 12.8 Å². The van der Waals surface area contributed by atoms with Gasteiger partial charge in [-0.2, -0.15) is 5.26 Å². The monoisotopic (exact) mass is 426 g/mol. The van der Waals surface area contributed by atoms with Crippen LogP contribution in [0.2, 0.25) is 0 Å². The molecular formula is C26H23FN4O. The number of hydrogen-bond acceptors (Lipinski definition) is 4. The molecule has 1 atom stereocenters. The second-order valence-electron chi connectivity index (χ2n) is 7.88. The van der Waals surface area contributed by atoms with E-state index < -0.39 is 11.4 Å². The zero-order chi connectivity index (χ0) is 22.9. The summed E-state index contributed by atoms with van der Waals surface area (Å²) in [6.07, 6.45) is 1.96. The Kier molecular flexibility index (Phi) is 5.50. The van der Waals surface area contributed by atoms with E-state index in [-0.39, 0.29) is 17.4 Å². The Morgan fingerprint density at radius 1 is 1.09 bits per heavy atom. The van der Waals surface area contributed by atoms with Gasteiger partial charge in [-0.05, 0) is 52.9 Å². The number of halogens is 1.